The third kappa shape index (κ3) is 3.63. The van der Waals surface area contributed by atoms with Gasteiger partial charge in [0.15, 0.2) is 0 Å². The van der Waals surface area contributed by atoms with Crippen LogP contribution in [0.1, 0.15) is 18.9 Å². The number of halogens is 1. The van der Waals surface area contributed by atoms with Crippen molar-refractivity contribution in [2.75, 3.05) is 7.11 Å². The van der Waals surface area contributed by atoms with Crippen LogP contribution in [0.3, 0.4) is 0 Å². The molecule has 2 heteroatoms. The molecule has 4 rings (SSSR count). The number of hydrogen-bond donors (Lipinski definition) is 0. The van der Waals surface area contributed by atoms with Gasteiger partial charge in [0.25, 0.3) is 0 Å². The fourth-order valence-corrected chi connectivity index (χ4v) is 3.62. The maximum atomic E-state index is 14.8. The van der Waals surface area contributed by atoms with E-state index < -0.39 is 0 Å². The number of rotatable bonds is 5. The van der Waals surface area contributed by atoms with Crippen LogP contribution in [0.5, 0.6) is 5.75 Å². The first-order valence-corrected chi connectivity index (χ1v) is 9.65. The van der Waals surface area contributed by atoms with Gasteiger partial charge in [0.2, 0.25) is 0 Å². The van der Waals surface area contributed by atoms with E-state index in [-0.39, 0.29) is 5.82 Å². The Morgan fingerprint density at radius 3 is 2.07 bits per heavy atom. The van der Waals surface area contributed by atoms with Gasteiger partial charge >= 0.3 is 0 Å². The summed E-state index contributed by atoms with van der Waals surface area (Å²) in [7, 11) is 1.62. The number of methoxy groups -OCH3 is 1. The lowest BCUT2D eigenvalue weighted by Crippen LogP contribution is -1.88. The van der Waals surface area contributed by atoms with E-state index in [1.807, 2.05) is 36.4 Å². The third-order valence-electron chi connectivity index (χ3n) is 5.15. The summed E-state index contributed by atoms with van der Waals surface area (Å²) in [5.74, 6) is 0.542. The predicted molar refractivity (Wildman–Crippen MR) is 115 cm³/mol. The lowest BCUT2D eigenvalue weighted by atomic mass is 9.97. The van der Waals surface area contributed by atoms with Crippen LogP contribution in [-0.2, 0) is 6.42 Å². The zero-order chi connectivity index (χ0) is 19.5. The van der Waals surface area contributed by atoms with Crippen LogP contribution in [0.4, 0.5) is 4.39 Å². The normalized spacial score (nSPS) is 11.0. The molecule has 0 radical (unpaired) electrons. The van der Waals surface area contributed by atoms with Gasteiger partial charge in [-0.05, 0) is 63.7 Å². The molecule has 4 aromatic rings. The summed E-state index contributed by atoms with van der Waals surface area (Å²) in [4.78, 5) is 0. The topological polar surface area (TPSA) is 9.23 Å². The van der Waals surface area contributed by atoms with Gasteiger partial charge in [-0.1, -0.05) is 67.9 Å². The van der Waals surface area contributed by atoms with Crippen LogP contribution >= 0.6 is 0 Å². The van der Waals surface area contributed by atoms with Crippen molar-refractivity contribution >= 4 is 10.8 Å². The summed E-state index contributed by atoms with van der Waals surface area (Å²) >= 11 is 0. The summed E-state index contributed by atoms with van der Waals surface area (Å²) in [5, 5.41) is 2.40. The molecule has 28 heavy (non-hydrogen) atoms. The van der Waals surface area contributed by atoms with Crippen molar-refractivity contribution in [2.24, 2.45) is 0 Å². The number of benzene rings is 4. The van der Waals surface area contributed by atoms with Crippen molar-refractivity contribution in [3.63, 3.8) is 0 Å². The highest BCUT2D eigenvalue weighted by molar-refractivity contribution is 5.88. The van der Waals surface area contributed by atoms with Crippen molar-refractivity contribution in [3.05, 3.63) is 90.2 Å². The Hall–Kier alpha value is -3.13. The molecule has 0 spiro atoms. The molecule has 0 aromatic heterocycles. The van der Waals surface area contributed by atoms with Gasteiger partial charge in [-0.15, -0.1) is 0 Å². The first-order valence-electron chi connectivity index (χ1n) is 9.65. The Bertz CT molecular complexity index is 1110. The number of fused-ring (bicyclic) bond motifs is 1. The van der Waals surface area contributed by atoms with Gasteiger partial charge in [-0.3, -0.25) is 0 Å². The molecule has 0 saturated heterocycles. The second kappa shape index (κ2) is 7.85. The highest BCUT2D eigenvalue weighted by Gasteiger charge is 2.08. The minimum absolute atomic E-state index is 0.221. The van der Waals surface area contributed by atoms with Crippen molar-refractivity contribution in [1.29, 1.82) is 0 Å². The SMILES string of the molecule is CCCc1ccc2cc(-c3ccc(-c4ccc(OC)cc4)c(F)c3)ccc2c1. The lowest BCUT2D eigenvalue weighted by Gasteiger charge is -2.09. The molecule has 0 bridgehead atoms. The summed E-state index contributed by atoms with van der Waals surface area (Å²) in [5.41, 5.74) is 4.70. The molecule has 0 saturated carbocycles. The summed E-state index contributed by atoms with van der Waals surface area (Å²) in [6.45, 7) is 2.19. The number of aryl methyl sites for hydroxylation is 1. The maximum absolute atomic E-state index is 14.8. The second-order valence-corrected chi connectivity index (χ2v) is 7.07. The Balaban J connectivity index is 1.67. The molecule has 0 N–H and O–H groups in total. The first-order chi connectivity index (χ1) is 13.7. The van der Waals surface area contributed by atoms with Crippen LogP contribution in [0, 0.1) is 5.82 Å². The van der Waals surface area contributed by atoms with Gasteiger partial charge in [-0.2, -0.15) is 0 Å². The molecule has 0 aliphatic rings. The minimum atomic E-state index is -0.221. The van der Waals surface area contributed by atoms with Crippen molar-refractivity contribution in [2.45, 2.75) is 19.8 Å². The zero-order valence-corrected chi connectivity index (χ0v) is 16.2. The standard InChI is InChI=1S/C26H23FO/c1-3-4-18-5-6-21-16-22(8-7-20(21)15-18)23-11-14-25(26(27)17-23)19-9-12-24(28-2)13-10-19/h5-17H,3-4H2,1-2H3. The Morgan fingerprint density at radius 1 is 0.714 bits per heavy atom. The predicted octanol–water partition coefficient (Wildman–Crippen LogP) is 7.27. The Labute approximate surface area is 165 Å². The second-order valence-electron chi connectivity index (χ2n) is 7.07. The largest absolute Gasteiger partial charge is 0.497 e. The third-order valence-corrected chi connectivity index (χ3v) is 5.15. The molecule has 0 atom stereocenters. The number of hydrogen-bond acceptors (Lipinski definition) is 1. The van der Waals surface area contributed by atoms with Gasteiger partial charge in [0.05, 0.1) is 7.11 Å². The van der Waals surface area contributed by atoms with Crippen LogP contribution in [0.2, 0.25) is 0 Å². The molecule has 140 valence electrons. The van der Waals surface area contributed by atoms with Crippen molar-refractivity contribution < 1.29 is 9.13 Å². The fraction of sp³-hybridized carbons (Fsp3) is 0.154. The summed E-state index contributed by atoms with van der Waals surface area (Å²) < 4.78 is 20.0. The highest BCUT2D eigenvalue weighted by Crippen LogP contribution is 2.31. The molecule has 1 nitrogen and oxygen atoms in total. The zero-order valence-electron chi connectivity index (χ0n) is 16.2. The van der Waals surface area contributed by atoms with E-state index in [9.17, 15) is 4.39 Å². The van der Waals surface area contributed by atoms with E-state index >= 15 is 0 Å². The first kappa shape index (κ1) is 18.2. The van der Waals surface area contributed by atoms with Crippen LogP contribution in [-0.4, -0.2) is 7.11 Å². The van der Waals surface area contributed by atoms with E-state index in [1.54, 1.807) is 13.2 Å². The van der Waals surface area contributed by atoms with Gasteiger partial charge in [-0.25, -0.2) is 4.39 Å². The molecule has 0 heterocycles. The van der Waals surface area contributed by atoms with E-state index in [4.69, 9.17) is 4.74 Å². The van der Waals surface area contributed by atoms with Crippen molar-refractivity contribution in [1.82, 2.24) is 0 Å². The van der Waals surface area contributed by atoms with Gasteiger partial charge < -0.3 is 4.74 Å². The minimum Gasteiger partial charge on any atom is -0.497 e. The van der Waals surface area contributed by atoms with Crippen LogP contribution < -0.4 is 4.74 Å². The molecule has 0 unspecified atom stereocenters. The fourth-order valence-electron chi connectivity index (χ4n) is 3.62. The lowest BCUT2D eigenvalue weighted by molar-refractivity contribution is 0.415. The van der Waals surface area contributed by atoms with E-state index in [0.29, 0.717) is 5.56 Å². The molecule has 0 amide bonds. The van der Waals surface area contributed by atoms with Gasteiger partial charge in [0, 0.05) is 5.56 Å². The molecule has 0 fully saturated rings. The average molecular weight is 370 g/mol. The maximum Gasteiger partial charge on any atom is 0.131 e. The van der Waals surface area contributed by atoms with E-state index in [1.165, 1.54) is 16.3 Å². The highest BCUT2D eigenvalue weighted by atomic mass is 19.1. The molecular weight excluding hydrogens is 347 g/mol. The number of ether oxygens (including phenoxy) is 1. The van der Waals surface area contributed by atoms with E-state index in [2.05, 4.69) is 43.3 Å². The molecule has 4 aromatic carbocycles. The van der Waals surface area contributed by atoms with Gasteiger partial charge in [0.1, 0.15) is 11.6 Å². The average Bonchev–Trinajstić information content (AvgIpc) is 2.73. The smallest absolute Gasteiger partial charge is 0.131 e. The Kier molecular flexibility index (Phi) is 5.12. The summed E-state index contributed by atoms with van der Waals surface area (Å²) in [6, 6.07) is 25.8. The quantitative estimate of drug-likeness (QED) is 0.359. The monoisotopic (exact) mass is 370 g/mol. The molecule has 0 aliphatic carbocycles. The molecular formula is C26H23FO. The molecule has 0 aliphatic heterocycles. The van der Waals surface area contributed by atoms with Crippen LogP contribution in [0.15, 0.2) is 78.9 Å². The Morgan fingerprint density at radius 2 is 1.36 bits per heavy atom. The summed E-state index contributed by atoms with van der Waals surface area (Å²) in [6.07, 6.45) is 2.24. The van der Waals surface area contributed by atoms with Crippen LogP contribution in [0.25, 0.3) is 33.0 Å². The van der Waals surface area contributed by atoms with E-state index in [0.717, 1.165) is 35.3 Å². The van der Waals surface area contributed by atoms with Crippen molar-refractivity contribution in [3.8, 4) is 28.0 Å².